The fourth-order valence-electron chi connectivity index (χ4n) is 2.47. The van der Waals surface area contributed by atoms with Crippen LogP contribution >= 0.6 is 0 Å². The minimum Gasteiger partial charge on any atom is -0.346 e. The first kappa shape index (κ1) is 16.6. The predicted molar refractivity (Wildman–Crippen MR) is 89.9 cm³/mol. The monoisotopic (exact) mass is 339 g/mol. The van der Waals surface area contributed by atoms with Crippen LogP contribution in [0.3, 0.4) is 0 Å². The SMILES string of the molecule is Cc1cnc(CNC(=O)c2ccccc2N2CCC(=O)NC2=O)cn1. The Morgan fingerprint density at radius 2 is 2.04 bits per heavy atom. The van der Waals surface area contributed by atoms with Crippen LogP contribution in [0.1, 0.15) is 28.2 Å². The fraction of sp³-hybridized carbons (Fsp3) is 0.235. The summed E-state index contributed by atoms with van der Waals surface area (Å²) in [4.78, 5) is 45.6. The van der Waals surface area contributed by atoms with Gasteiger partial charge in [-0.25, -0.2) is 4.79 Å². The maximum absolute atomic E-state index is 12.5. The molecule has 0 aliphatic carbocycles. The zero-order chi connectivity index (χ0) is 17.8. The highest BCUT2D eigenvalue weighted by molar-refractivity contribution is 6.09. The molecule has 128 valence electrons. The lowest BCUT2D eigenvalue weighted by molar-refractivity contribution is -0.120. The highest BCUT2D eigenvalue weighted by Gasteiger charge is 2.27. The summed E-state index contributed by atoms with van der Waals surface area (Å²) >= 11 is 0. The number of para-hydroxylation sites is 1. The second-order valence-corrected chi connectivity index (χ2v) is 5.60. The third-order valence-electron chi connectivity index (χ3n) is 3.76. The van der Waals surface area contributed by atoms with E-state index in [2.05, 4.69) is 20.6 Å². The van der Waals surface area contributed by atoms with E-state index in [0.29, 0.717) is 16.9 Å². The number of benzene rings is 1. The van der Waals surface area contributed by atoms with Crippen molar-refractivity contribution in [2.75, 3.05) is 11.4 Å². The van der Waals surface area contributed by atoms with E-state index in [4.69, 9.17) is 0 Å². The van der Waals surface area contributed by atoms with Crippen molar-refractivity contribution in [3.05, 3.63) is 53.6 Å². The van der Waals surface area contributed by atoms with Gasteiger partial charge in [-0.2, -0.15) is 0 Å². The van der Waals surface area contributed by atoms with Crippen molar-refractivity contribution in [3.8, 4) is 0 Å². The number of rotatable bonds is 4. The van der Waals surface area contributed by atoms with Crippen molar-refractivity contribution >= 4 is 23.5 Å². The first-order valence-corrected chi connectivity index (χ1v) is 7.80. The number of aryl methyl sites for hydroxylation is 1. The van der Waals surface area contributed by atoms with Crippen LogP contribution in [0.25, 0.3) is 0 Å². The van der Waals surface area contributed by atoms with Crippen LogP contribution < -0.4 is 15.5 Å². The molecule has 0 radical (unpaired) electrons. The van der Waals surface area contributed by atoms with Crippen LogP contribution in [-0.2, 0) is 11.3 Å². The molecule has 3 rings (SSSR count). The van der Waals surface area contributed by atoms with E-state index in [9.17, 15) is 14.4 Å². The van der Waals surface area contributed by atoms with Gasteiger partial charge in [0.2, 0.25) is 5.91 Å². The molecule has 1 aromatic heterocycles. The highest BCUT2D eigenvalue weighted by atomic mass is 16.2. The van der Waals surface area contributed by atoms with Crippen molar-refractivity contribution in [2.24, 2.45) is 0 Å². The highest BCUT2D eigenvalue weighted by Crippen LogP contribution is 2.22. The molecule has 0 unspecified atom stereocenters. The first-order chi connectivity index (χ1) is 12.0. The standard InChI is InChI=1S/C17H17N5O3/c1-11-8-19-12(9-18-11)10-20-16(24)13-4-2-3-5-14(13)22-7-6-15(23)21-17(22)25/h2-5,8-9H,6-7,10H2,1H3,(H,20,24)(H,21,23,25). The molecule has 0 spiro atoms. The van der Waals surface area contributed by atoms with Gasteiger partial charge < -0.3 is 5.32 Å². The van der Waals surface area contributed by atoms with Crippen LogP contribution in [0.5, 0.6) is 0 Å². The Hall–Kier alpha value is -3.29. The smallest absolute Gasteiger partial charge is 0.328 e. The molecule has 1 saturated heterocycles. The lowest BCUT2D eigenvalue weighted by Crippen LogP contribution is -2.50. The molecule has 2 aromatic rings. The minimum atomic E-state index is -0.527. The normalized spacial score (nSPS) is 14.2. The van der Waals surface area contributed by atoms with Crippen LogP contribution in [0.2, 0.25) is 0 Å². The van der Waals surface area contributed by atoms with Crippen LogP contribution in [-0.4, -0.2) is 34.4 Å². The van der Waals surface area contributed by atoms with Crippen LogP contribution in [0.15, 0.2) is 36.7 Å². The van der Waals surface area contributed by atoms with E-state index in [1.54, 1.807) is 36.7 Å². The largest absolute Gasteiger partial charge is 0.346 e. The summed E-state index contributed by atoms with van der Waals surface area (Å²) in [6.45, 7) is 2.30. The van der Waals surface area contributed by atoms with Gasteiger partial charge in [0.15, 0.2) is 0 Å². The summed E-state index contributed by atoms with van der Waals surface area (Å²) in [5.74, 6) is -0.649. The van der Waals surface area contributed by atoms with Gasteiger partial charge in [0.25, 0.3) is 5.91 Å². The van der Waals surface area contributed by atoms with E-state index < -0.39 is 6.03 Å². The van der Waals surface area contributed by atoms with Crippen molar-refractivity contribution in [2.45, 2.75) is 19.9 Å². The predicted octanol–water partition coefficient (Wildman–Crippen LogP) is 1.16. The van der Waals surface area contributed by atoms with Crippen molar-refractivity contribution in [1.82, 2.24) is 20.6 Å². The zero-order valence-corrected chi connectivity index (χ0v) is 13.7. The molecule has 2 heterocycles. The summed E-state index contributed by atoms with van der Waals surface area (Å²) in [5.41, 5.74) is 2.25. The average Bonchev–Trinajstić information content (AvgIpc) is 2.61. The molecular weight excluding hydrogens is 322 g/mol. The number of aromatic nitrogens is 2. The molecule has 8 heteroatoms. The Kier molecular flexibility index (Phi) is 4.69. The topological polar surface area (TPSA) is 104 Å². The molecular formula is C17H17N5O3. The van der Waals surface area contributed by atoms with Crippen molar-refractivity contribution in [1.29, 1.82) is 0 Å². The van der Waals surface area contributed by atoms with Crippen molar-refractivity contribution < 1.29 is 14.4 Å². The Labute approximate surface area is 144 Å². The number of nitrogens with zero attached hydrogens (tertiary/aromatic N) is 3. The van der Waals surface area contributed by atoms with E-state index in [1.807, 2.05) is 6.92 Å². The number of carbonyl (C=O) groups excluding carboxylic acids is 3. The van der Waals surface area contributed by atoms with Crippen molar-refractivity contribution in [3.63, 3.8) is 0 Å². The molecule has 1 aliphatic rings. The molecule has 2 N–H and O–H groups in total. The van der Waals surface area contributed by atoms with Gasteiger partial charge >= 0.3 is 6.03 Å². The Bertz CT molecular complexity index is 819. The number of amides is 4. The molecule has 0 atom stereocenters. The zero-order valence-electron chi connectivity index (χ0n) is 13.7. The summed E-state index contributed by atoms with van der Waals surface area (Å²) in [6.07, 6.45) is 3.43. The minimum absolute atomic E-state index is 0.195. The lowest BCUT2D eigenvalue weighted by atomic mass is 10.1. The van der Waals surface area contributed by atoms with Gasteiger partial charge in [-0.15, -0.1) is 0 Å². The maximum atomic E-state index is 12.5. The number of anilines is 1. The third-order valence-corrected chi connectivity index (χ3v) is 3.76. The Morgan fingerprint density at radius 3 is 2.76 bits per heavy atom. The number of hydrogen-bond donors (Lipinski definition) is 2. The molecule has 25 heavy (non-hydrogen) atoms. The number of urea groups is 1. The molecule has 1 aromatic carbocycles. The van der Waals surface area contributed by atoms with Crippen LogP contribution in [0.4, 0.5) is 10.5 Å². The van der Waals surface area contributed by atoms with Gasteiger partial charge in [-0.3, -0.25) is 29.8 Å². The number of hydrogen-bond acceptors (Lipinski definition) is 5. The van der Waals surface area contributed by atoms with Gasteiger partial charge in [0, 0.05) is 19.2 Å². The molecule has 4 amide bonds. The molecule has 1 fully saturated rings. The number of carbonyl (C=O) groups is 3. The average molecular weight is 339 g/mol. The summed E-state index contributed by atoms with van der Waals surface area (Å²) in [7, 11) is 0. The maximum Gasteiger partial charge on any atom is 0.328 e. The van der Waals surface area contributed by atoms with Crippen LogP contribution in [0, 0.1) is 6.92 Å². The van der Waals surface area contributed by atoms with Gasteiger partial charge in [-0.1, -0.05) is 12.1 Å². The van der Waals surface area contributed by atoms with E-state index in [1.165, 1.54) is 4.90 Å². The van der Waals surface area contributed by atoms with Gasteiger partial charge in [0.1, 0.15) is 0 Å². The van der Waals surface area contributed by atoms with E-state index in [0.717, 1.165) is 5.69 Å². The first-order valence-electron chi connectivity index (χ1n) is 7.80. The third kappa shape index (κ3) is 3.79. The summed E-state index contributed by atoms with van der Waals surface area (Å²) in [5, 5.41) is 5.03. The summed E-state index contributed by atoms with van der Waals surface area (Å²) in [6, 6.07) is 6.24. The molecule has 0 bridgehead atoms. The van der Waals surface area contributed by atoms with Gasteiger partial charge in [0.05, 0.1) is 35.4 Å². The lowest BCUT2D eigenvalue weighted by Gasteiger charge is -2.28. The van der Waals surface area contributed by atoms with Gasteiger partial charge in [-0.05, 0) is 19.1 Å². The Morgan fingerprint density at radius 1 is 1.24 bits per heavy atom. The molecule has 8 nitrogen and oxygen atoms in total. The quantitative estimate of drug-likeness (QED) is 0.870. The van der Waals surface area contributed by atoms with E-state index in [-0.39, 0.29) is 31.3 Å². The fourth-order valence-corrected chi connectivity index (χ4v) is 2.47. The Balaban J connectivity index is 1.75. The second-order valence-electron chi connectivity index (χ2n) is 5.60. The molecule has 0 saturated carbocycles. The van der Waals surface area contributed by atoms with E-state index >= 15 is 0 Å². The summed E-state index contributed by atoms with van der Waals surface area (Å²) < 4.78 is 0. The number of nitrogens with one attached hydrogen (secondary N) is 2. The second kappa shape index (κ2) is 7.08. The number of imide groups is 1. The molecule has 1 aliphatic heterocycles.